The van der Waals surface area contributed by atoms with Crippen LogP contribution in [0, 0.1) is 11.3 Å². The van der Waals surface area contributed by atoms with Gasteiger partial charge in [0.1, 0.15) is 0 Å². The van der Waals surface area contributed by atoms with Gasteiger partial charge in [-0.25, -0.2) is 13.1 Å². The predicted octanol–water partition coefficient (Wildman–Crippen LogP) is 1.68. The van der Waals surface area contributed by atoms with E-state index in [1.165, 1.54) is 0 Å². The Kier molecular flexibility index (Phi) is 4.27. The van der Waals surface area contributed by atoms with Crippen LogP contribution < -0.4 is 10.5 Å². The Morgan fingerprint density at radius 3 is 2.50 bits per heavy atom. The van der Waals surface area contributed by atoms with E-state index in [1.54, 1.807) is 12.3 Å². The standard InChI is InChI=1S/C14H25N3O2S/c1-4-17-9-13(7-12(17)8-15)20(18,19)16-10-14(5-6-14)11(2)3/h7,9,11,16H,4-6,8,10,15H2,1-3H3. The molecule has 0 radical (unpaired) electrons. The zero-order valence-corrected chi connectivity index (χ0v) is 13.3. The smallest absolute Gasteiger partial charge is 0.242 e. The summed E-state index contributed by atoms with van der Waals surface area (Å²) in [6.07, 6.45) is 3.88. The Bertz CT molecular complexity index is 550. The van der Waals surface area contributed by atoms with E-state index in [1.807, 2.05) is 11.5 Å². The van der Waals surface area contributed by atoms with Crippen LogP contribution in [0.25, 0.3) is 0 Å². The summed E-state index contributed by atoms with van der Waals surface area (Å²) in [5.74, 6) is 0.505. The Morgan fingerprint density at radius 2 is 2.10 bits per heavy atom. The number of sulfonamides is 1. The van der Waals surface area contributed by atoms with Gasteiger partial charge in [-0.05, 0) is 37.2 Å². The van der Waals surface area contributed by atoms with Gasteiger partial charge in [-0.3, -0.25) is 0 Å². The number of nitrogens with one attached hydrogen (secondary N) is 1. The van der Waals surface area contributed by atoms with Crippen molar-refractivity contribution in [3.8, 4) is 0 Å². The number of aromatic nitrogens is 1. The summed E-state index contributed by atoms with van der Waals surface area (Å²) in [4.78, 5) is 0.319. The van der Waals surface area contributed by atoms with Crippen LogP contribution in [-0.4, -0.2) is 19.5 Å². The first-order valence-corrected chi connectivity index (χ1v) is 8.72. The number of aryl methyl sites for hydroxylation is 1. The third-order valence-electron chi connectivity index (χ3n) is 4.55. The molecule has 6 heteroatoms. The topological polar surface area (TPSA) is 77.1 Å². The Hall–Kier alpha value is -0.850. The van der Waals surface area contributed by atoms with E-state index in [4.69, 9.17) is 5.73 Å². The van der Waals surface area contributed by atoms with Crippen molar-refractivity contribution in [2.24, 2.45) is 17.1 Å². The van der Waals surface area contributed by atoms with E-state index < -0.39 is 10.0 Å². The van der Waals surface area contributed by atoms with E-state index in [-0.39, 0.29) is 5.41 Å². The minimum absolute atomic E-state index is 0.164. The summed E-state index contributed by atoms with van der Waals surface area (Å²) >= 11 is 0. The highest BCUT2D eigenvalue weighted by molar-refractivity contribution is 7.89. The first-order chi connectivity index (χ1) is 9.34. The van der Waals surface area contributed by atoms with Crippen LogP contribution in [0.3, 0.4) is 0 Å². The lowest BCUT2D eigenvalue weighted by atomic mass is 9.93. The molecular formula is C14H25N3O2S. The molecule has 2 rings (SSSR count). The van der Waals surface area contributed by atoms with Gasteiger partial charge in [-0.15, -0.1) is 0 Å². The maximum absolute atomic E-state index is 12.4. The Labute approximate surface area is 121 Å². The number of nitrogens with two attached hydrogens (primary N) is 1. The molecule has 1 aromatic rings. The molecule has 5 nitrogen and oxygen atoms in total. The molecule has 0 bridgehead atoms. The van der Waals surface area contributed by atoms with Crippen LogP contribution in [0.4, 0.5) is 0 Å². The molecule has 1 aliphatic carbocycles. The molecule has 0 atom stereocenters. The number of rotatable bonds is 7. The summed E-state index contributed by atoms with van der Waals surface area (Å²) in [5, 5.41) is 0. The fourth-order valence-corrected chi connectivity index (χ4v) is 3.78. The summed E-state index contributed by atoms with van der Waals surface area (Å²) in [6.45, 7) is 7.88. The van der Waals surface area contributed by atoms with Crippen LogP contribution in [0.5, 0.6) is 0 Å². The second-order valence-corrected chi connectivity index (χ2v) is 7.77. The van der Waals surface area contributed by atoms with Gasteiger partial charge >= 0.3 is 0 Å². The van der Waals surface area contributed by atoms with Crippen molar-refractivity contribution in [2.45, 2.75) is 51.6 Å². The summed E-state index contributed by atoms with van der Waals surface area (Å²) in [7, 11) is -3.44. The van der Waals surface area contributed by atoms with Gasteiger partial charge in [0, 0.05) is 31.5 Å². The van der Waals surface area contributed by atoms with Gasteiger partial charge in [0.25, 0.3) is 0 Å². The van der Waals surface area contributed by atoms with E-state index in [9.17, 15) is 8.42 Å². The molecule has 0 aromatic carbocycles. The van der Waals surface area contributed by atoms with Crippen molar-refractivity contribution in [2.75, 3.05) is 6.54 Å². The SMILES string of the molecule is CCn1cc(S(=O)(=O)NCC2(C(C)C)CC2)cc1CN. The molecule has 1 saturated carbocycles. The largest absolute Gasteiger partial charge is 0.349 e. The highest BCUT2D eigenvalue weighted by atomic mass is 32.2. The second-order valence-electron chi connectivity index (χ2n) is 6.00. The average Bonchev–Trinajstić information content (AvgIpc) is 3.08. The van der Waals surface area contributed by atoms with Gasteiger partial charge < -0.3 is 10.3 Å². The molecule has 0 spiro atoms. The van der Waals surface area contributed by atoms with Gasteiger partial charge in [-0.1, -0.05) is 13.8 Å². The summed E-state index contributed by atoms with van der Waals surface area (Å²) in [6, 6.07) is 1.67. The van der Waals surface area contributed by atoms with Crippen molar-refractivity contribution >= 4 is 10.0 Å². The highest BCUT2D eigenvalue weighted by Gasteiger charge is 2.45. The lowest BCUT2D eigenvalue weighted by Crippen LogP contribution is -2.32. The molecule has 0 amide bonds. The quantitative estimate of drug-likeness (QED) is 0.804. The molecule has 1 aromatic heterocycles. The van der Waals surface area contributed by atoms with Crippen LogP contribution >= 0.6 is 0 Å². The molecular weight excluding hydrogens is 274 g/mol. The molecule has 1 heterocycles. The van der Waals surface area contributed by atoms with Gasteiger partial charge in [0.05, 0.1) is 4.90 Å². The zero-order chi connectivity index (χ0) is 15.0. The van der Waals surface area contributed by atoms with Crippen LogP contribution in [0.2, 0.25) is 0 Å². The molecule has 1 aliphatic rings. The monoisotopic (exact) mass is 299 g/mol. The van der Waals surface area contributed by atoms with Gasteiger partial charge in [0.2, 0.25) is 10.0 Å². The highest BCUT2D eigenvalue weighted by Crippen LogP contribution is 2.51. The van der Waals surface area contributed by atoms with Crippen molar-refractivity contribution in [1.82, 2.24) is 9.29 Å². The first-order valence-electron chi connectivity index (χ1n) is 7.23. The lowest BCUT2D eigenvalue weighted by Gasteiger charge is -2.19. The lowest BCUT2D eigenvalue weighted by molar-refractivity contribution is 0.357. The second kappa shape index (κ2) is 5.50. The average molecular weight is 299 g/mol. The van der Waals surface area contributed by atoms with Crippen LogP contribution in [0.1, 0.15) is 39.3 Å². The molecule has 0 aliphatic heterocycles. The molecule has 3 N–H and O–H groups in total. The van der Waals surface area contributed by atoms with Crippen LogP contribution in [-0.2, 0) is 23.1 Å². The van der Waals surface area contributed by atoms with E-state index in [0.29, 0.717) is 23.9 Å². The summed E-state index contributed by atoms with van der Waals surface area (Å²) < 4.78 is 29.4. The molecule has 20 heavy (non-hydrogen) atoms. The maximum atomic E-state index is 12.4. The normalized spacial score (nSPS) is 17.6. The third-order valence-corrected chi connectivity index (χ3v) is 5.92. The van der Waals surface area contributed by atoms with E-state index in [0.717, 1.165) is 25.1 Å². The fraction of sp³-hybridized carbons (Fsp3) is 0.714. The molecule has 0 saturated heterocycles. The predicted molar refractivity (Wildman–Crippen MR) is 79.7 cm³/mol. The maximum Gasteiger partial charge on any atom is 0.242 e. The Morgan fingerprint density at radius 1 is 1.45 bits per heavy atom. The third kappa shape index (κ3) is 2.92. The van der Waals surface area contributed by atoms with Gasteiger partial charge in [0.15, 0.2) is 0 Å². The Balaban J connectivity index is 2.12. The number of hydrogen-bond donors (Lipinski definition) is 2. The first kappa shape index (κ1) is 15.5. The minimum atomic E-state index is -3.44. The van der Waals surface area contributed by atoms with Crippen molar-refractivity contribution in [3.05, 3.63) is 18.0 Å². The summed E-state index contributed by atoms with van der Waals surface area (Å²) in [5.41, 5.74) is 6.65. The molecule has 0 unspecified atom stereocenters. The van der Waals surface area contributed by atoms with Gasteiger partial charge in [-0.2, -0.15) is 0 Å². The molecule has 1 fully saturated rings. The number of nitrogens with zero attached hydrogens (tertiary/aromatic N) is 1. The van der Waals surface area contributed by atoms with E-state index >= 15 is 0 Å². The molecule has 114 valence electrons. The van der Waals surface area contributed by atoms with Crippen molar-refractivity contribution < 1.29 is 8.42 Å². The van der Waals surface area contributed by atoms with E-state index in [2.05, 4.69) is 18.6 Å². The van der Waals surface area contributed by atoms with Crippen molar-refractivity contribution in [1.29, 1.82) is 0 Å². The number of hydrogen-bond acceptors (Lipinski definition) is 3. The van der Waals surface area contributed by atoms with Crippen LogP contribution in [0.15, 0.2) is 17.2 Å². The zero-order valence-electron chi connectivity index (χ0n) is 12.5. The fourth-order valence-electron chi connectivity index (χ4n) is 2.58. The minimum Gasteiger partial charge on any atom is -0.349 e. The van der Waals surface area contributed by atoms with Crippen molar-refractivity contribution in [3.63, 3.8) is 0 Å².